The van der Waals surface area contributed by atoms with Gasteiger partial charge in [0.05, 0.1) is 6.04 Å². The van der Waals surface area contributed by atoms with Crippen LogP contribution in [0.15, 0.2) is 54.6 Å². The van der Waals surface area contributed by atoms with E-state index in [2.05, 4.69) is 27.3 Å². The van der Waals surface area contributed by atoms with Crippen LogP contribution in [-0.4, -0.2) is 71.6 Å². The van der Waals surface area contributed by atoms with Gasteiger partial charge in [-0.3, -0.25) is 14.4 Å². The van der Waals surface area contributed by atoms with E-state index >= 15 is 0 Å². The van der Waals surface area contributed by atoms with E-state index in [4.69, 9.17) is 9.47 Å². The van der Waals surface area contributed by atoms with Gasteiger partial charge in [0.2, 0.25) is 17.7 Å². The second kappa shape index (κ2) is 15.5. The first kappa shape index (κ1) is 36.2. The molecule has 48 heavy (non-hydrogen) atoms. The normalized spacial score (nSPS) is 19.7. The van der Waals surface area contributed by atoms with Crippen LogP contribution in [0, 0.1) is 5.41 Å². The molecule has 12 nitrogen and oxygen atoms in total. The lowest BCUT2D eigenvalue weighted by Crippen LogP contribution is -2.58. The number of alkyl carbamates (subject to hydrolysis) is 2. The summed E-state index contributed by atoms with van der Waals surface area (Å²) >= 11 is 0. The Kier molecular flexibility index (Phi) is 11.7. The minimum Gasteiger partial charge on any atom is -0.445 e. The van der Waals surface area contributed by atoms with Crippen molar-refractivity contribution in [1.82, 2.24) is 26.2 Å². The molecule has 0 radical (unpaired) electrons. The summed E-state index contributed by atoms with van der Waals surface area (Å²) in [5.74, 6) is -1.29. The van der Waals surface area contributed by atoms with E-state index in [0.29, 0.717) is 0 Å². The van der Waals surface area contributed by atoms with Gasteiger partial charge in [-0.05, 0) is 68.6 Å². The van der Waals surface area contributed by atoms with Gasteiger partial charge in [0.1, 0.15) is 30.8 Å². The molecular weight excluding hydrogens is 614 g/mol. The van der Waals surface area contributed by atoms with Crippen molar-refractivity contribution < 1.29 is 33.4 Å². The third kappa shape index (κ3) is 10.2. The van der Waals surface area contributed by atoms with Crippen LogP contribution in [0.1, 0.15) is 83.5 Å². The predicted molar refractivity (Wildman–Crippen MR) is 180 cm³/mol. The summed E-state index contributed by atoms with van der Waals surface area (Å²) in [5, 5.41) is 11.2. The summed E-state index contributed by atoms with van der Waals surface area (Å²) in [7, 11) is 0. The zero-order valence-corrected chi connectivity index (χ0v) is 28.8. The number of amides is 5. The molecule has 4 rings (SSSR count). The lowest BCUT2D eigenvalue weighted by Gasteiger charge is -2.36. The number of ether oxygens (including phenoxy) is 2. The number of carbonyl (C=O) groups is 5. The Morgan fingerprint density at radius 2 is 1.58 bits per heavy atom. The molecule has 0 aromatic heterocycles. The Hall–Kier alpha value is -4.61. The largest absolute Gasteiger partial charge is 0.445 e. The zero-order valence-electron chi connectivity index (χ0n) is 28.8. The Morgan fingerprint density at radius 3 is 2.27 bits per heavy atom. The third-order valence-corrected chi connectivity index (χ3v) is 8.32. The van der Waals surface area contributed by atoms with Crippen LogP contribution in [0.4, 0.5) is 9.59 Å². The van der Waals surface area contributed by atoms with Gasteiger partial charge in [0.15, 0.2) is 0 Å². The number of nitrogens with one attached hydrogen (secondary N) is 4. The molecule has 0 spiro atoms. The fraction of sp³-hybridized carbons (Fsp3) is 0.528. The van der Waals surface area contributed by atoms with E-state index in [1.165, 1.54) is 10.5 Å². The number of hydrogen-bond acceptors (Lipinski definition) is 7. The van der Waals surface area contributed by atoms with Crippen molar-refractivity contribution >= 4 is 29.9 Å². The van der Waals surface area contributed by atoms with Crippen molar-refractivity contribution in [2.45, 2.75) is 104 Å². The van der Waals surface area contributed by atoms with Gasteiger partial charge in [0.25, 0.3) is 0 Å². The highest BCUT2D eigenvalue weighted by molar-refractivity contribution is 5.93. The number of aryl methyl sites for hydroxylation is 1. The molecule has 0 unspecified atom stereocenters. The first-order chi connectivity index (χ1) is 22.6. The molecule has 4 N–H and O–H groups in total. The molecule has 0 saturated carbocycles. The first-order valence-corrected chi connectivity index (χ1v) is 16.5. The van der Waals surface area contributed by atoms with Crippen molar-refractivity contribution in [3.8, 4) is 0 Å². The smallest absolute Gasteiger partial charge is 0.408 e. The first-order valence-electron chi connectivity index (χ1n) is 16.5. The molecule has 5 amide bonds. The molecule has 1 aliphatic heterocycles. The van der Waals surface area contributed by atoms with Crippen LogP contribution >= 0.6 is 0 Å². The Bertz CT molecular complexity index is 1470. The predicted octanol–water partition coefficient (Wildman–Crippen LogP) is 4.13. The van der Waals surface area contributed by atoms with E-state index < -0.39 is 53.1 Å². The maximum absolute atomic E-state index is 14.2. The Balaban J connectivity index is 1.46. The molecule has 1 saturated heterocycles. The lowest BCUT2D eigenvalue weighted by molar-refractivity contribution is -0.142. The number of fused-ring (bicyclic) bond motifs is 1. The summed E-state index contributed by atoms with van der Waals surface area (Å²) in [5.41, 5.74) is 1.54. The monoisotopic (exact) mass is 663 g/mol. The zero-order chi connectivity index (χ0) is 35.1. The molecule has 1 fully saturated rings. The topological polar surface area (TPSA) is 155 Å². The van der Waals surface area contributed by atoms with Gasteiger partial charge in [-0.15, -0.1) is 0 Å². The number of rotatable bonds is 9. The molecule has 12 heteroatoms. The Labute approximate surface area is 282 Å². The minimum atomic E-state index is -1.02. The average molecular weight is 664 g/mol. The molecule has 1 aliphatic carbocycles. The van der Waals surface area contributed by atoms with Crippen molar-refractivity contribution in [3.63, 3.8) is 0 Å². The highest BCUT2D eigenvalue weighted by atomic mass is 16.6. The highest BCUT2D eigenvalue weighted by Gasteiger charge is 2.46. The van der Waals surface area contributed by atoms with Crippen LogP contribution in [0.3, 0.4) is 0 Å². The van der Waals surface area contributed by atoms with Crippen LogP contribution in [-0.2, 0) is 36.9 Å². The highest BCUT2D eigenvalue weighted by Crippen LogP contribution is 2.31. The minimum absolute atomic E-state index is 0.0327. The molecular formula is C36H49N5O7. The molecule has 4 atom stereocenters. The van der Waals surface area contributed by atoms with Crippen LogP contribution in [0.5, 0.6) is 0 Å². The van der Waals surface area contributed by atoms with Crippen molar-refractivity contribution in [2.24, 2.45) is 5.41 Å². The van der Waals surface area contributed by atoms with Gasteiger partial charge in [0, 0.05) is 12.6 Å². The van der Waals surface area contributed by atoms with E-state index in [1.54, 1.807) is 20.8 Å². The number of benzene rings is 2. The molecule has 1 heterocycles. The number of carbonyl (C=O) groups excluding carboxylic acids is 5. The second-order valence-electron chi connectivity index (χ2n) is 14.5. The third-order valence-electron chi connectivity index (χ3n) is 8.32. The summed E-state index contributed by atoms with van der Waals surface area (Å²) < 4.78 is 10.6. The van der Waals surface area contributed by atoms with Crippen molar-refractivity contribution in [1.29, 1.82) is 0 Å². The second-order valence-corrected chi connectivity index (χ2v) is 14.5. The number of hydrogen-bond donors (Lipinski definition) is 4. The molecule has 0 bridgehead atoms. The summed E-state index contributed by atoms with van der Waals surface area (Å²) in [6.07, 6.45) is 1.27. The maximum Gasteiger partial charge on any atom is 0.408 e. The number of nitrogens with zero attached hydrogens (tertiary/aromatic N) is 1. The Morgan fingerprint density at radius 1 is 0.896 bits per heavy atom. The quantitative estimate of drug-likeness (QED) is 0.315. The van der Waals surface area contributed by atoms with Crippen LogP contribution in [0.2, 0.25) is 0 Å². The fourth-order valence-electron chi connectivity index (χ4n) is 6.05. The number of likely N-dealkylation sites (tertiary alicyclic amines) is 1. The molecule has 2 aromatic rings. The standard InChI is InChI=1S/C36H49N5O7/c1-35(2,3)30(40-34(46)48-36(4,5)6)32(44)41-21-25(38-29(42)20-37-33(45)47-22-23-13-8-7-9-14-23)19-28(41)31(43)39-27-18-12-16-24-15-10-11-17-26(24)27/h7-11,13-15,17,25,27-28,30H,12,16,18-22H2,1-6H3,(H,37,45)(H,38,42)(H,39,43)(H,40,46)/t25-,27+,28-,30+/m0/s1. The van der Waals surface area contributed by atoms with Crippen molar-refractivity contribution in [3.05, 3.63) is 71.3 Å². The molecule has 2 aliphatic rings. The van der Waals surface area contributed by atoms with Crippen LogP contribution < -0.4 is 21.3 Å². The maximum atomic E-state index is 14.2. The van der Waals surface area contributed by atoms with Gasteiger partial charge < -0.3 is 35.6 Å². The van der Waals surface area contributed by atoms with Gasteiger partial charge in [-0.1, -0.05) is 75.4 Å². The summed E-state index contributed by atoms with van der Waals surface area (Å²) in [6, 6.07) is 14.4. The lowest BCUT2D eigenvalue weighted by atomic mass is 9.85. The molecule has 2 aromatic carbocycles. The van der Waals surface area contributed by atoms with Gasteiger partial charge in [-0.2, -0.15) is 0 Å². The van der Waals surface area contributed by atoms with E-state index in [1.807, 2.05) is 69.3 Å². The summed E-state index contributed by atoms with van der Waals surface area (Å²) in [4.78, 5) is 67.5. The van der Waals surface area contributed by atoms with E-state index in [9.17, 15) is 24.0 Å². The van der Waals surface area contributed by atoms with Gasteiger partial charge in [-0.25, -0.2) is 9.59 Å². The van der Waals surface area contributed by atoms with E-state index in [0.717, 1.165) is 30.4 Å². The fourth-order valence-corrected chi connectivity index (χ4v) is 6.05. The average Bonchev–Trinajstić information content (AvgIpc) is 3.44. The van der Waals surface area contributed by atoms with Crippen LogP contribution in [0.25, 0.3) is 0 Å². The van der Waals surface area contributed by atoms with Crippen molar-refractivity contribution in [2.75, 3.05) is 13.1 Å². The van der Waals surface area contributed by atoms with E-state index in [-0.39, 0.29) is 38.1 Å². The summed E-state index contributed by atoms with van der Waals surface area (Å²) in [6.45, 7) is 10.4. The SMILES string of the molecule is CC(C)(C)OC(=O)N[C@H](C(=O)N1C[C@@H](NC(=O)CNC(=O)OCc2ccccc2)C[C@H]1C(=O)N[C@@H]1CCCc2ccccc21)C(C)(C)C. The molecule has 260 valence electrons. The van der Waals surface area contributed by atoms with Gasteiger partial charge >= 0.3 is 12.2 Å².